The molecule has 0 saturated carbocycles. The topological polar surface area (TPSA) is 59.1 Å². The van der Waals surface area contributed by atoms with Crippen LogP contribution in [-0.4, -0.2) is 21.4 Å². The molecule has 2 aromatic carbocycles. The van der Waals surface area contributed by atoms with Crippen LogP contribution in [0.5, 0.6) is 0 Å². The van der Waals surface area contributed by atoms with Crippen molar-refractivity contribution in [3.63, 3.8) is 0 Å². The minimum absolute atomic E-state index is 0.214. The number of hydrogen-bond donors (Lipinski definition) is 1. The molecule has 3 rings (SSSR count). The van der Waals surface area contributed by atoms with Gasteiger partial charge in [-0.1, -0.05) is 29.8 Å². The Labute approximate surface area is 159 Å². The first-order valence-corrected chi connectivity index (χ1v) is 10.6. The SMILES string of the molecule is Cc1ccc(Cc2sc(NC(=O)c3ccc([S@](C)=O)cc3)nc2C)cc1. The molecule has 6 heteroatoms. The monoisotopic (exact) mass is 384 g/mol. The number of aromatic nitrogens is 1. The van der Waals surface area contributed by atoms with Gasteiger partial charge in [-0.25, -0.2) is 4.98 Å². The number of aryl methyl sites for hydroxylation is 2. The molecule has 0 aliphatic carbocycles. The number of carbonyl (C=O) groups is 1. The van der Waals surface area contributed by atoms with Gasteiger partial charge in [0.25, 0.3) is 5.91 Å². The number of amides is 1. The number of rotatable bonds is 5. The summed E-state index contributed by atoms with van der Waals surface area (Å²) in [6, 6.07) is 15.2. The van der Waals surface area contributed by atoms with E-state index in [9.17, 15) is 9.00 Å². The number of benzene rings is 2. The quantitative estimate of drug-likeness (QED) is 0.712. The third-order valence-electron chi connectivity index (χ3n) is 4.05. The minimum Gasteiger partial charge on any atom is -0.298 e. The molecule has 1 atom stereocenters. The van der Waals surface area contributed by atoms with Gasteiger partial charge < -0.3 is 0 Å². The van der Waals surface area contributed by atoms with E-state index in [1.165, 1.54) is 22.5 Å². The molecule has 0 saturated heterocycles. The molecule has 1 amide bonds. The molecule has 26 heavy (non-hydrogen) atoms. The van der Waals surface area contributed by atoms with Crippen molar-refractivity contribution in [2.24, 2.45) is 0 Å². The third kappa shape index (κ3) is 4.45. The largest absolute Gasteiger partial charge is 0.298 e. The van der Waals surface area contributed by atoms with Crippen LogP contribution in [0.3, 0.4) is 0 Å². The van der Waals surface area contributed by atoms with E-state index >= 15 is 0 Å². The van der Waals surface area contributed by atoms with E-state index in [1.807, 2.05) is 6.92 Å². The van der Waals surface area contributed by atoms with Gasteiger partial charge in [0.15, 0.2) is 5.13 Å². The van der Waals surface area contributed by atoms with Crippen LogP contribution in [0.25, 0.3) is 0 Å². The van der Waals surface area contributed by atoms with Crippen LogP contribution in [0.1, 0.15) is 32.1 Å². The van der Waals surface area contributed by atoms with E-state index < -0.39 is 10.8 Å². The summed E-state index contributed by atoms with van der Waals surface area (Å²) in [7, 11) is -1.05. The lowest BCUT2D eigenvalue weighted by Crippen LogP contribution is -2.11. The number of thiazole rings is 1. The first-order valence-electron chi connectivity index (χ1n) is 8.19. The Bertz CT molecular complexity index is 945. The summed E-state index contributed by atoms with van der Waals surface area (Å²) in [4.78, 5) is 18.7. The average molecular weight is 385 g/mol. The fourth-order valence-corrected chi connectivity index (χ4v) is 4.02. The van der Waals surface area contributed by atoms with Gasteiger partial charge in [0.1, 0.15) is 0 Å². The second-order valence-corrected chi connectivity index (χ2v) is 8.59. The zero-order valence-electron chi connectivity index (χ0n) is 14.9. The molecule has 1 N–H and O–H groups in total. The van der Waals surface area contributed by atoms with Crippen LogP contribution in [0.4, 0.5) is 5.13 Å². The third-order valence-corrected chi connectivity index (χ3v) is 6.06. The highest BCUT2D eigenvalue weighted by Gasteiger charge is 2.12. The molecular formula is C20H20N2O2S2. The second-order valence-electron chi connectivity index (χ2n) is 6.12. The van der Waals surface area contributed by atoms with Crippen molar-refractivity contribution in [3.8, 4) is 0 Å². The van der Waals surface area contributed by atoms with Gasteiger partial charge in [-0.15, -0.1) is 11.3 Å². The lowest BCUT2D eigenvalue weighted by molar-refractivity contribution is 0.102. The molecular weight excluding hydrogens is 364 g/mol. The zero-order chi connectivity index (χ0) is 18.7. The maximum absolute atomic E-state index is 12.4. The normalized spacial score (nSPS) is 12.0. The molecule has 0 aliphatic heterocycles. The number of hydrogen-bond acceptors (Lipinski definition) is 4. The fourth-order valence-electron chi connectivity index (χ4n) is 2.50. The van der Waals surface area contributed by atoms with Crippen LogP contribution in [0.15, 0.2) is 53.4 Å². The molecule has 1 heterocycles. The van der Waals surface area contributed by atoms with Gasteiger partial charge in [0, 0.05) is 38.8 Å². The maximum Gasteiger partial charge on any atom is 0.257 e. The van der Waals surface area contributed by atoms with Crippen molar-refractivity contribution in [3.05, 3.63) is 75.8 Å². The number of nitrogens with zero attached hydrogens (tertiary/aromatic N) is 1. The fraction of sp³-hybridized carbons (Fsp3) is 0.200. The van der Waals surface area contributed by atoms with E-state index in [4.69, 9.17) is 0 Å². The van der Waals surface area contributed by atoms with Crippen molar-refractivity contribution < 1.29 is 9.00 Å². The van der Waals surface area contributed by atoms with E-state index in [0.29, 0.717) is 15.6 Å². The molecule has 0 radical (unpaired) electrons. The Morgan fingerprint density at radius 3 is 2.35 bits per heavy atom. The van der Waals surface area contributed by atoms with Crippen molar-refractivity contribution in [1.82, 2.24) is 4.98 Å². The minimum atomic E-state index is -1.05. The van der Waals surface area contributed by atoms with Gasteiger partial charge in [-0.2, -0.15) is 0 Å². The Hall–Kier alpha value is -2.31. The maximum atomic E-state index is 12.4. The van der Waals surface area contributed by atoms with Gasteiger partial charge in [0.2, 0.25) is 0 Å². The predicted molar refractivity (Wildman–Crippen MR) is 108 cm³/mol. The van der Waals surface area contributed by atoms with E-state index in [2.05, 4.69) is 41.5 Å². The molecule has 0 spiro atoms. The lowest BCUT2D eigenvalue weighted by Gasteiger charge is -2.02. The highest BCUT2D eigenvalue weighted by Crippen LogP contribution is 2.26. The van der Waals surface area contributed by atoms with E-state index in [1.54, 1.807) is 30.5 Å². The van der Waals surface area contributed by atoms with Crippen molar-refractivity contribution in [1.29, 1.82) is 0 Å². The van der Waals surface area contributed by atoms with Crippen LogP contribution in [0.2, 0.25) is 0 Å². The van der Waals surface area contributed by atoms with Crippen molar-refractivity contribution >= 4 is 33.2 Å². The van der Waals surface area contributed by atoms with Crippen LogP contribution >= 0.6 is 11.3 Å². The molecule has 0 bridgehead atoms. The molecule has 1 aromatic heterocycles. The number of anilines is 1. The van der Waals surface area contributed by atoms with E-state index in [0.717, 1.165) is 17.0 Å². The number of nitrogens with one attached hydrogen (secondary N) is 1. The Morgan fingerprint density at radius 1 is 1.08 bits per heavy atom. The summed E-state index contributed by atoms with van der Waals surface area (Å²) in [5.74, 6) is -0.214. The second kappa shape index (κ2) is 7.93. The molecule has 0 aliphatic rings. The first-order chi connectivity index (χ1) is 12.4. The van der Waals surface area contributed by atoms with Crippen molar-refractivity contribution in [2.75, 3.05) is 11.6 Å². The van der Waals surface area contributed by atoms with Crippen LogP contribution < -0.4 is 5.32 Å². The summed E-state index contributed by atoms with van der Waals surface area (Å²) in [6.45, 7) is 4.03. The molecule has 0 unspecified atom stereocenters. The highest BCUT2D eigenvalue weighted by atomic mass is 32.2. The Morgan fingerprint density at radius 2 is 1.73 bits per heavy atom. The molecule has 4 nitrogen and oxygen atoms in total. The molecule has 0 fully saturated rings. The van der Waals surface area contributed by atoms with Gasteiger partial charge in [-0.3, -0.25) is 14.3 Å². The van der Waals surface area contributed by atoms with Gasteiger partial charge in [-0.05, 0) is 43.7 Å². The first kappa shape index (κ1) is 18.5. The van der Waals surface area contributed by atoms with Crippen molar-refractivity contribution in [2.45, 2.75) is 25.2 Å². The Kier molecular flexibility index (Phi) is 5.64. The standard InChI is InChI=1S/C20H20N2O2S2/c1-13-4-6-15(7-5-13)12-18-14(2)21-20(25-18)22-19(23)16-8-10-17(11-9-16)26(3)24/h4-11H,12H2,1-3H3,(H,21,22,23)/t26-/m0/s1. The number of carbonyl (C=O) groups excluding carboxylic acids is 1. The van der Waals surface area contributed by atoms with E-state index in [-0.39, 0.29) is 5.91 Å². The van der Waals surface area contributed by atoms with Crippen LogP contribution in [-0.2, 0) is 17.2 Å². The summed E-state index contributed by atoms with van der Waals surface area (Å²) in [5, 5.41) is 3.45. The van der Waals surface area contributed by atoms with Crippen LogP contribution in [0, 0.1) is 13.8 Å². The lowest BCUT2D eigenvalue weighted by atomic mass is 10.1. The highest BCUT2D eigenvalue weighted by molar-refractivity contribution is 7.84. The summed E-state index contributed by atoms with van der Waals surface area (Å²) < 4.78 is 11.4. The zero-order valence-corrected chi connectivity index (χ0v) is 16.5. The predicted octanol–water partition coefficient (Wildman–Crippen LogP) is 4.34. The summed E-state index contributed by atoms with van der Waals surface area (Å²) in [6.07, 6.45) is 2.42. The summed E-state index contributed by atoms with van der Waals surface area (Å²) >= 11 is 1.50. The van der Waals surface area contributed by atoms with Gasteiger partial charge in [0.05, 0.1) is 5.69 Å². The average Bonchev–Trinajstić information content (AvgIpc) is 2.96. The van der Waals surface area contributed by atoms with Gasteiger partial charge >= 0.3 is 0 Å². The smallest absolute Gasteiger partial charge is 0.257 e. The summed E-state index contributed by atoms with van der Waals surface area (Å²) in [5.41, 5.74) is 3.92. The molecule has 3 aromatic rings. The molecule has 134 valence electrons. The Balaban J connectivity index is 1.71.